The van der Waals surface area contributed by atoms with Crippen LogP contribution in [0.2, 0.25) is 0 Å². The van der Waals surface area contributed by atoms with Gasteiger partial charge < -0.3 is 29.9 Å². The van der Waals surface area contributed by atoms with Crippen LogP contribution in [0.1, 0.15) is 5.56 Å². The van der Waals surface area contributed by atoms with Crippen molar-refractivity contribution in [1.29, 1.82) is 0 Å². The minimum atomic E-state index is -0.670. The third-order valence-electron chi connectivity index (χ3n) is 3.31. The second-order valence-electron chi connectivity index (χ2n) is 4.70. The first-order valence-electron chi connectivity index (χ1n) is 6.39. The van der Waals surface area contributed by atoms with E-state index in [4.69, 9.17) is 9.47 Å². The highest BCUT2D eigenvalue weighted by Crippen LogP contribution is 2.40. The Morgan fingerprint density at radius 1 is 1.00 bits per heavy atom. The molecule has 22 heavy (non-hydrogen) atoms. The minimum absolute atomic E-state index is 0.0828. The highest BCUT2D eigenvalue weighted by molar-refractivity contribution is 5.71. The third kappa shape index (κ3) is 2.14. The molecule has 0 aromatic heterocycles. The normalized spacial score (nSPS) is 18.4. The molecule has 0 saturated carbocycles. The number of allylic oxidation sites excluding steroid dienone is 1. The lowest BCUT2D eigenvalue weighted by Gasteiger charge is -2.27. The number of hydrogen-bond acceptors (Lipinski definition) is 6. The van der Waals surface area contributed by atoms with Crippen molar-refractivity contribution in [3.63, 3.8) is 0 Å². The van der Waals surface area contributed by atoms with E-state index in [1.165, 1.54) is 13.2 Å². The maximum atomic E-state index is 10.1. The number of ether oxygens (including phenoxy) is 2. The van der Waals surface area contributed by atoms with Gasteiger partial charge in [0.1, 0.15) is 5.75 Å². The number of aliphatic hydroxyl groups excluding tert-OH is 4. The van der Waals surface area contributed by atoms with Gasteiger partial charge in [-0.3, -0.25) is 0 Å². The van der Waals surface area contributed by atoms with Crippen LogP contribution >= 0.6 is 0 Å². The van der Waals surface area contributed by atoms with E-state index >= 15 is 0 Å². The van der Waals surface area contributed by atoms with Crippen LogP contribution in [0.3, 0.4) is 0 Å². The lowest BCUT2D eigenvalue weighted by atomic mass is 9.96. The molecule has 2 aliphatic rings. The summed E-state index contributed by atoms with van der Waals surface area (Å²) in [6.45, 7) is 0. The largest absolute Gasteiger partial charge is 0.504 e. The highest BCUT2D eigenvalue weighted by Gasteiger charge is 2.34. The van der Waals surface area contributed by atoms with Crippen molar-refractivity contribution in [3.05, 3.63) is 76.7 Å². The zero-order chi connectivity index (χ0) is 15.9. The van der Waals surface area contributed by atoms with Crippen LogP contribution in [0, 0.1) is 6.10 Å². The number of hydrogen-bond donors (Lipinski definition) is 4. The van der Waals surface area contributed by atoms with Crippen molar-refractivity contribution in [3.8, 4) is 5.75 Å². The molecule has 1 aromatic carbocycles. The smallest absolute Gasteiger partial charge is 0.208 e. The molecule has 0 fully saturated rings. The fourth-order valence-corrected chi connectivity index (χ4v) is 2.20. The van der Waals surface area contributed by atoms with Gasteiger partial charge in [-0.2, -0.15) is 0 Å². The van der Waals surface area contributed by atoms with Crippen molar-refractivity contribution in [1.82, 2.24) is 0 Å². The minimum Gasteiger partial charge on any atom is -0.504 e. The molecule has 1 aromatic rings. The summed E-state index contributed by atoms with van der Waals surface area (Å²) in [5.74, 6) is -1.24. The molecule has 4 N–H and O–H groups in total. The van der Waals surface area contributed by atoms with Gasteiger partial charge in [0.25, 0.3) is 0 Å². The molecule has 1 heterocycles. The molecular formula is C16H13O6. The predicted octanol–water partition coefficient (Wildman–Crippen LogP) is 3.19. The van der Waals surface area contributed by atoms with E-state index < -0.39 is 17.3 Å². The second kappa shape index (κ2) is 5.07. The summed E-state index contributed by atoms with van der Waals surface area (Å²) in [5, 5.41) is 39.0. The summed E-state index contributed by atoms with van der Waals surface area (Å²) in [6.07, 6.45) is 2.53. The average molecular weight is 301 g/mol. The highest BCUT2D eigenvalue weighted by atomic mass is 16.5. The van der Waals surface area contributed by atoms with Crippen molar-refractivity contribution < 1.29 is 29.9 Å². The fraction of sp³-hybridized carbons (Fsp3) is 0.0625. The van der Waals surface area contributed by atoms with Gasteiger partial charge in [0, 0.05) is 11.6 Å². The van der Waals surface area contributed by atoms with Crippen LogP contribution < -0.4 is 4.74 Å². The van der Waals surface area contributed by atoms with Gasteiger partial charge in [0.05, 0.1) is 12.7 Å². The number of aliphatic hydroxyl groups is 4. The first-order chi connectivity index (χ1) is 10.5. The Morgan fingerprint density at radius 2 is 1.77 bits per heavy atom. The van der Waals surface area contributed by atoms with E-state index in [2.05, 4.69) is 0 Å². The van der Waals surface area contributed by atoms with E-state index in [0.717, 1.165) is 6.08 Å². The van der Waals surface area contributed by atoms with Crippen LogP contribution in [0.5, 0.6) is 5.75 Å². The zero-order valence-electron chi connectivity index (χ0n) is 11.6. The van der Waals surface area contributed by atoms with Gasteiger partial charge in [-0.15, -0.1) is 0 Å². The maximum Gasteiger partial charge on any atom is 0.208 e. The SMILES string of the molecule is COc1cccc(C2=C(O)C=C3[C](C=C(O)C(O)=C3O)O2)c1. The first kappa shape index (κ1) is 13.9. The van der Waals surface area contributed by atoms with E-state index in [1.807, 2.05) is 0 Å². The Balaban J connectivity index is 2.07. The van der Waals surface area contributed by atoms with Crippen molar-refractivity contribution in [2.75, 3.05) is 7.11 Å². The molecule has 0 atom stereocenters. The molecule has 0 spiro atoms. The predicted molar refractivity (Wildman–Crippen MR) is 77.9 cm³/mol. The standard InChI is InChI=1S/C16H13O6/c1-21-9-4-2-3-8(5-9)16-12(18)6-10-13(22-16)7-11(17)15(20)14(10)19/h2-7,17-20H,1H3. The molecule has 0 bridgehead atoms. The van der Waals surface area contributed by atoms with E-state index in [-0.39, 0.29) is 23.2 Å². The quantitative estimate of drug-likeness (QED) is 0.669. The molecule has 0 amide bonds. The molecular weight excluding hydrogens is 288 g/mol. The summed E-state index contributed by atoms with van der Waals surface area (Å²) in [6, 6.07) is 6.87. The molecule has 3 rings (SSSR count). The van der Waals surface area contributed by atoms with Gasteiger partial charge >= 0.3 is 0 Å². The summed E-state index contributed by atoms with van der Waals surface area (Å²) >= 11 is 0. The van der Waals surface area contributed by atoms with Crippen molar-refractivity contribution >= 4 is 5.76 Å². The molecule has 0 saturated heterocycles. The van der Waals surface area contributed by atoms with E-state index in [1.54, 1.807) is 24.3 Å². The number of rotatable bonds is 2. The molecule has 1 aliphatic heterocycles. The molecule has 6 nitrogen and oxygen atoms in total. The van der Waals surface area contributed by atoms with Gasteiger partial charge in [-0.1, -0.05) is 12.1 Å². The summed E-state index contributed by atoms with van der Waals surface area (Å²) < 4.78 is 10.7. The molecule has 6 heteroatoms. The summed E-state index contributed by atoms with van der Waals surface area (Å²) in [5.41, 5.74) is 0.644. The molecule has 1 aliphatic carbocycles. The van der Waals surface area contributed by atoms with Gasteiger partial charge in [0.2, 0.25) is 11.9 Å². The lowest BCUT2D eigenvalue weighted by Crippen LogP contribution is -2.18. The Labute approximate surface area is 126 Å². The van der Waals surface area contributed by atoms with Crippen LogP contribution in [0.25, 0.3) is 5.76 Å². The fourth-order valence-electron chi connectivity index (χ4n) is 2.20. The molecule has 0 unspecified atom stereocenters. The van der Waals surface area contributed by atoms with Crippen LogP contribution in [0.4, 0.5) is 0 Å². The maximum absolute atomic E-state index is 10.1. The summed E-state index contributed by atoms with van der Waals surface area (Å²) in [4.78, 5) is 0. The topological polar surface area (TPSA) is 99.4 Å². The number of methoxy groups -OCH3 is 1. The van der Waals surface area contributed by atoms with Crippen molar-refractivity contribution in [2.24, 2.45) is 0 Å². The van der Waals surface area contributed by atoms with Crippen molar-refractivity contribution in [2.45, 2.75) is 0 Å². The number of fused-ring (bicyclic) bond motifs is 1. The zero-order valence-corrected chi connectivity index (χ0v) is 11.6. The summed E-state index contributed by atoms with van der Waals surface area (Å²) in [7, 11) is 1.52. The van der Waals surface area contributed by atoms with Crippen LogP contribution in [0.15, 0.2) is 65.0 Å². The Kier molecular flexibility index (Phi) is 3.21. The average Bonchev–Trinajstić information content (AvgIpc) is 2.53. The third-order valence-corrected chi connectivity index (χ3v) is 3.31. The van der Waals surface area contributed by atoms with Gasteiger partial charge in [0.15, 0.2) is 23.0 Å². The Hall–Kier alpha value is -3.02. The lowest BCUT2D eigenvalue weighted by molar-refractivity contribution is 0.246. The van der Waals surface area contributed by atoms with E-state index in [9.17, 15) is 20.4 Å². The van der Waals surface area contributed by atoms with Crippen LogP contribution in [-0.4, -0.2) is 27.5 Å². The Morgan fingerprint density at radius 3 is 2.50 bits per heavy atom. The van der Waals surface area contributed by atoms with Crippen LogP contribution in [-0.2, 0) is 4.74 Å². The van der Waals surface area contributed by atoms with Gasteiger partial charge in [-0.05, 0) is 18.2 Å². The molecule has 1 radical (unpaired) electrons. The Bertz CT molecular complexity index is 754. The van der Waals surface area contributed by atoms with E-state index in [0.29, 0.717) is 11.3 Å². The molecule has 113 valence electrons. The monoisotopic (exact) mass is 301 g/mol. The number of benzene rings is 1. The first-order valence-corrected chi connectivity index (χ1v) is 6.39. The second-order valence-corrected chi connectivity index (χ2v) is 4.70. The van der Waals surface area contributed by atoms with Gasteiger partial charge in [-0.25, -0.2) is 0 Å².